The molecule has 2 aromatic carbocycles. The number of benzene rings is 2. The van der Waals surface area contributed by atoms with Crippen molar-refractivity contribution >= 4 is 28.3 Å². The summed E-state index contributed by atoms with van der Waals surface area (Å²) in [5.41, 5.74) is 1.34. The third-order valence-corrected chi connectivity index (χ3v) is 3.91. The molecule has 0 N–H and O–H groups in total. The summed E-state index contributed by atoms with van der Waals surface area (Å²) in [4.78, 5) is 24.2. The second kappa shape index (κ2) is 5.85. The molecule has 1 heterocycles. The van der Waals surface area contributed by atoms with E-state index in [4.69, 9.17) is 11.6 Å². The molecule has 0 radical (unpaired) electrons. The Kier molecular flexibility index (Phi) is 3.88. The molecule has 116 valence electrons. The Bertz CT molecular complexity index is 962. The average molecular weight is 329 g/mol. The van der Waals surface area contributed by atoms with Crippen LogP contribution in [-0.2, 0) is 4.74 Å². The highest BCUT2D eigenvalue weighted by molar-refractivity contribution is 6.35. The van der Waals surface area contributed by atoms with Crippen LogP contribution in [0.25, 0.3) is 16.5 Å². The van der Waals surface area contributed by atoms with Crippen LogP contribution in [0.3, 0.4) is 0 Å². The van der Waals surface area contributed by atoms with Crippen LogP contribution in [0.2, 0.25) is 5.02 Å². The molecule has 0 amide bonds. The van der Waals surface area contributed by atoms with Crippen molar-refractivity contribution in [2.75, 3.05) is 7.11 Å². The monoisotopic (exact) mass is 328 g/mol. The highest BCUT2D eigenvalue weighted by atomic mass is 35.5. The van der Waals surface area contributed by atoms with Crippen LogP contribution >= 0.6 is 11.6 Å². The molecule has 0 bridgehead atoms. The SMILES string of the molecule is COC(=O)c1ccc(-n2nc(C)c3cccc(Cl)c3c2=O)cc1. The molecule has 0 fully saturated rings. The lowest BCUT2D eigenvalue weighted by Gasteiger charge is -2.10. The molecule has 0 saturated carbocycles. The van der Waals surface area contributed by atoms with Gasteiger partial charge in [-0.05, 0) is 37.3 Å². The topological polar surface area (TPSA) is 61.2 Å². The van der Waals surface area contributed by atoms with Gasteiger partial charge in [-0.2, -0.15) is 9.78 Å². The Labute approximate surface area is 137 Å². The standard InChI is InChI=1S/C17H13ClN2O3/c1-10-13-4-3-5-14(18)15(13)16(21)20(19-10)12-8-6-11(7-9-12)17(22)23-2/h3-9H,1-2H3. The molecule has 0 aliphatic carbocycles. The molecule has 0 spiro atoms. The molecule has 1 aromatic heterocycles. The maximum atomic E-state index is 12.7. The second-order valence-electron chi connectivity index (χ2n) is 5.00. The Balaban J connectivity index is 2.21. The minimum Gasteiger partial charge on any atom is -0.465 e. The van der Waals surface area contributed by atoms with E-state index < -0.39 is 5.97 Å². The first-order chi connectivity index (χ1) is 11.0. The van der Waals surface area contributed by atoms with Crippen LogP contribution < -0.4 is 5.56 Å². The minimum absolute atomic E-state index is 0.304. The van der Waals surface area contributed by atoms with Gasteiger partial charge >= 0.3 is 5.97 Å². The number of hydrogen-bond acceptors (Lipinski definition) is 4. The third kappa shape index (κ3) is 2.59. The van der Waals surface area contributed by atoms with Crippen LogP contribution in [0.5, 0.6) is 0 Å². The van der Waals surface area contributed by atoms with Crippen molar-refractivity contribution in [3.8, 4) is 5.69 Å². The van der Waals surface area contributed by atoms with Crippen LogP contribution in [0, 0.1) is 6.92 Å². The van der Waals surface area contributed by atoms with E-state index in [1.165, 1.54) is 11.8 Å². The van der Waals surface area contributed by atoms with Crippen LogP contribution in [0.1, 0.15) is 16.1 Å². The lowest BCUT2D eigenvalue weighted by molar-refractivity contribution is 0.0601. The van der Waals surface area contributed by atoms with Gasteiger partial charge in [0.05, 0.1) is 34.5 Å². The van der Waals surface area contributed by atoms with Crippen molar-refractivity contribution in [3.05, 3.63) is 69.1 Å². The number of hydrogen-bond donors (Lipinski definition) is 0. The van der Waals surface area contributed by atoms with Gasteiger partial charge in [0.15, 0.2) is 0 Å². The summed E-state index contributed by atoms with van der Waals surface area (Å²) in [6, 6.07) is 11.7. The summed E-state index contributed by atoms with van der Waals surface area (Å²) >= 11 is 6.18. The van der Waals surface area contributed by atoms with Crippen molar-refractivity contribution in [2.24, 2.45) is 0 Å². The summed E-state index contributed by atoms with van der Waals surface area (Å²) in [6.45, 7) is 1.82. The van der Waals surface area contributed by atoms with Crippen molar-refractivity contribution in [2.45, 2.75) is 6.92 Å². The van der Waals surface area contributed by atoms with Gasteiger partial charge in [0, 0.05) is 5.39 Å². The van der Waals surface area contributed by atoms with Crippen LogP contribution in [-0.4, -0.2) is 22.9 Å². The zero-order valence-electron chi connectivity index (χ0n) is 12.5. The highest BCUT2D eigenvalue weighted by Gasteiger charge is 2.13. The number of halogens is 1. The van der Waals surface area contributed by atoms with Gasteiger partial charge in [0.2, 0.25) is 0 Å². The fraction of sp³-hybridized carbons (Fsp3) is 0.118. The van der Waals surface area contributed by atoms with E-state index in [1.807, 2.05) is 13.0 Å². The van der Waals surface area contributed by atoms with Gasteiger partial charge in [0.25, 0.3) is 5.56 Å². The molecule has 6 heteroatoms. The summed E-state index contributed by atoms with van der Waals surface area (Å²) in [5, 5.41) is 5.88. The molecule has 0 aliphatic rings. The average Bonchev–Trinajstić information content (AvgIpc) is 2.57. The zero-order valence-corrected chi connectivity index (χ0v) is 13.3. The Morgan fingerprint density at radius 1 is 1.17 bits per heavy atom. The molecule has 3 rings (SSSR count). The van der Waals surface area contributed by atoms with E-state index in [2.05, 4.69) is 9.84 Å². The molecular formula is C17H13ClN2O3. The Morgan fingerprint density at radius 2 is 1.87 bits per heavy atom. The number of ether oxygens (including phenoxy) is 1. The largest absolute Gasteiger partial charge is 0.465 e. The molecule has 0 aliphatic heterocycles. The van der Waals surface area contributed by atoms with Gasteiger partial charge in [0.1, 0.15) is 0 Å². The van der Waals surface area contributed by atoms with Gasteiger partial charge in [-0.1, -0.05) is 23.7 Å². The zero-order chi connectivity index (χ0) is 16.6. The van der Waals surface area contributed by atoms with E-state index in [9.17, 15) is 9.59 Å². The lowest BCUT2D eigenvalue weighted by Crippen LogP contribution is -2.22. The maximum absolute atomic E-state index is 12.7. The second-order valence-corrected chi connectivity index (χ2v) is 5.41. The molecule has 0 unspecified atom stereocenters. The highest BCUT2D eigenvalue weighted by Crippen LogP contribution is 2.22. The smallest absolute Gasteiger partial charge is 0.337 e. The third-order valence-electron chi connectivity index (χ3n) is 3.59. The number of aromatic nitrogens is 2. The van der Waals surface area contributed by atoms with Crippen molar-refractivity contribution in [1.82, 2.24) is 9.78 Å². The molecular weight excluding hydrogens is 316 g/mol. The first-order valence-electron chi connectivity index (χ1n) is 6.90. The maximum Gasteiger partial charge on any atom is 0.337 e. The molecule has 3 aromatic rings. The summed E-state index contributed by atoms with van der Waals surface area (Å²) in [7, 11) is 1.32. The summed E-state index contributed by atoms with van der Waals surface area (Å²) < 4.78 is 5.94. The number of nitrogens with zero attached hydrogens (tertiary/aromatic N) is 2. The van der Waals surface area contributed by atoms with Crippen LogP contribution in [0.4, 0.5) is 0 Å². The molecule has 0 saturated heterocycles. The van der Waals surface area contributed by atoms with Gasteiger partial charge < -0.3 is 4.74 Å². The van der Waals surface area contributed by atoms with Crippen molar-refractivity contribution in [1.29, 1.82) is 0 Å². The minimum atomic E-state index is -0.436. The van der Waals surface area contributed by atoms with Crippen molar-refractivity contribution < 1.29 is 9.53 Å². The first kappa shape index (κ1) is 15.2. The predicted octanol–water partition coefficient (Wildman–Crippen LogP) is 3.13. The molecule has 0 atom stereocenters. The first-order valence-corrected chi connectivity index (χ1v) is 7.27. The number of fused-ring (bicyclic) bond motifs is 1. The van der Waals surface area contributed by atoms with E-state index >= 15 is 0 Å². The normalized spacial score (nSPS) is 10.7. The van der Waals surface area contributed by atoms with Crippen LogP contribution in [0.15, 0.2) is 47.3 Å². The fourth-order valence-electron chi connectivity index (χ4n) is 2.43. The van der Waals surface area contributed by atoms with E-state index in [1.54, 1.807) is 36.4 Å². The molecule has 5 nitrogen and oxygen atoms in total. The van der Waals surface area contributed by atoms with E-state index in [-0.39, 0.29) is 5.56 Å². The molecule has 23 heavy (non-hydrogen) atoms. The summed E-state index contributed by atoms with van der Waals surface area (Å²) in [6.07, 6.45) is 0. The predicted molar refractivity (Wildman–Crippen MR) is 88.4 cm³/mol. The van der Waals surface area contributed by atoms with Gasteiger partial charge in [-0.3, -0.25) is 4.79 Å². The Morgan fingerprint density at radius 3 is 2.52 bits per heavy atom. The number of methoxy groups -OCH3 is 1. The number of aryl methyl sites for hydroxylation is 1. The number of carbonyl (C=O) groups is 1. The van der Waals surface area contributed by atoms with E-state index in [0.717, 1.165) is 5.39 Å². The van der Waals surface area contributed by atoms with Gasteiger partial charge in [-0.25, -0.2) is 4.79 Å². The van der Waals surface area contributed by atoms with Crippen molar-refractivity contribution in [3.63, 3.8) is 0 Å². The fourth-order valence-corrected chi connectivity index (χ4v) is 2.69. The number of esters is 1. The summed E-state index contributed by atoms with van der Waals surface area (Å²) in [5.74, 6) is -0.436. The van der Waals surface area contributed by atoms with Gasteiger partial charge in [-0.15, -0.1) is 0 Å². The lowest BCUT2D eigenvalue weighted by atomic mass is 10.1. The Hall–Kier alpha value is -2.66. The van der Waals surface area contributed by atoms with E-state index in [0.29, 0.717) is 27.4 Å². The quantitative estimate of drug-likeness (QED) is 0.678. The number of rotatable bonds is 2. The number of carbonyl (C=O) groups excluding carboxylic acids is 1.